The fourth-order valence-electron chi connectivity index (χ4n) is 1.89. The summed E-state index contributed by atoms with van der Waals surface area (Å²) in [4.78, 5) is 2.84. The molecule has 18 heavy (non-hydrogen) atoms. The third kappa shape index (κ3) is 2.96. The molecule has 1 nitrogen and oxygen atoms in total. The van der Waals surface area contributed by atoms with E-state index in [4.69, 9.17) is 0 Å². The van der Waals surface area contributed by atoms with Gasteiger partial charge in [0.1, 0.15) is 0 Å². The summed E-state index contributed by atoms with van der Waals surface area (Å²) in [5.74, 6) is 0. The zero-order valence-electron chi connectivity index (χ0n) is 11.0. The Kier molecular flexibility index (Phi) is 4.46. The van der Waals surface area contributed by atoms with E-state index in [-0.39, 0.29) is 0 Å². The lowest BCUT2D eigenvalue weighted by Gasteiger charge is -2.16. The smallest absolute Gasteiger partial charge is 0.0578 e. The van der Waals surface area contributed by atoms with Crippen LogP contribution in [0.25, 0.3) is 0 Å². The standard InChI is InChI=1S/C15H18BrNS/c1-4-12-8-9-15(18-12)11(3)17-14-7-5-6-13(16)10(14)2/h5-9,11,17H,4H2,1-3H3. The van der Waals surface area contributed by atoms with Crippen molar-refractivity contribution in [3.8, 4) is 0 Å². The van der Waals surface area contributed by atoms with Gasteiger partial charge in [0.15, 0.2) is 0 Å². The summed E-state index contributed by atoms with van der Waals surface area (Å²) in [6.07, 6.45) is 1.12. The monoisotopic (exact) mass is 323 g/mol. The van der Waals surface area contributed by atoms with Gasteiger partial charge in [-0.2, -0.15) is 0 Å². The molecule has 1 N–H and O–H groups in total. The number of anilines is 1. The Morgan fingerprint density at radius 3 is 2.72 bits per heavy atom. The Hall–Kier alpha value is -0.800. The summed E-state index contributed by atoms with van der Waals surface area (Å²) < 4.78 is 1.15. The molecule has 0 fully saturated rings. The predicted octanol–water partition coefficient (Wildman–Crippen LogP) is 5.55. The molecule has 0 aliphatic carbocycles. The van der Waals surface area contributed by atoms with Gasteiger partial charge in [-0.25, -0.2) is 0 Å². The quantitative estimate of drug-likeness (QED) is 0.777. The van der Waals surface area contributed by atoms with E-state index >= 15 is 0 Å². The van der Waals surface area contributed by atoms with Crippen molar-refractivity contribution in [2.24, 2.45) is 0 Å². The van der Waals surface area contributed by atoms with Crippen LogP contribution in [0.5, 0.6) is 0 Å². The fraction of sp³-hybridized carbons (Fsp3) is 0.333. The Morgan fingerprint density at radius 1 is 1.28 bits per heavy atom. The Balaban J connectivity index is 2.15. The maximum Gasteiger partial charge on any atom is 0.0578 e. The molecule has 0 aliphatic rings. The Morgan fingerprint density at radius 2 is 2.06 bits per heavy atom. The van der Waals surface area contributed by atoms with Gasteiger partial charge in [-0.1, -0.05) is 28.9 Å². The van der Waals surface area contributed by atoms with Crippen LogP contribution < -0.4 is 5.32 Å². The molecular weight excluding hydrogens is 306 g/mol. The Bertz CT molecular complexity index is 533. The van der Waals surface area contributed by atoms with E-state index in [0.29, 0.717) is 6.04 Å². The fourth-order valence-corrected chi connectivity index (χ4v) is 3.21. The highest BCUT2D eigenvalue weighted by atomic mass is 79.9. The van der Waals surface area contributed by atoms with Crippen molar-refractivity contribution in [3.63, 3.8) is 0 Å². The maximum atomic E-state index is 3.59. The van der Waals surface area contributed by atoms with Crippen LogP contribution in [0.2, 0.25) is 0 Å². The largest absolute Gasteiger partial charge is 0.377 e. The van der Waals surface area contributed by atoms with Crippen LogP contribution in [0.4, 0.5) is 5.69 Å². The molecule has 96 valence electrons. The minimum atomic E-state index is 0.350. The van der Waals surface area contributed by atoms with Crippen molar-refractivity contribution in [2.75, 3.05) is 5.32 Å². The molecule has 2 rings (SSSR count). The molecule has 0 bridgehead atoms. The second-order valence-electron chi connectivity index (χ2n) is 4.44. The van der Waals surface area contributed by atoms with E-state index in [0.717, 1.165) is 10.9 Å². The molecule has 3 heteroatoms. The van der Waals surface area contributed by atoms with Crippen LogP contribution in [0.3, 0.4) is 0 Å². The number of nitrogens with one attached hydrogen (secondary N) is 1. The topological polar surface area (TPSA) is 12.0 Å². The molecule has 0 radical (unpaired) electrons. The maximum absolute atomic E-state index is 3.59. The van der Waals surface area contributed by atoms with Gasteiger partial charge in [-0.05, 0) is 50.1 Å². The lowest BCUT2D eigenvalue weighted by molar-refractivity contribution is 0.905. The van der Waals surface area contributed by atoms with Crippen molar-refractivity contribution >= 4 is 33.0 Å². The molecule has 0 amide bonds. The van der Waals surface area contributed by atoms with Gasteiger partial charge in [0.25, 0.3) is 0 Å². The number of thiophene rings is 1. The molecule has 1 atom stereocenters. The number of hydrogen-bond acceptors (Lipinski definition) is 2. The van der Waals surface area contributed by atoms with Crippen molar-refractivity contribution in [3.05, 3.63) is 50.1 Å². The van der Waals surface area contributed by atoms with E-state index in [1.54, 1.807) is 0 Å². The number of aryl methyl sites for hydroxylation is 1. The SMILES string of the molecule is CCc1ccc(C(C)Nc2cccc(Br)c2C)s1. The normalized spacial score (nSPS) is 12.4. The van der Waals surface area contributed by atoms with Gasteiger partial charge in [-0.3, -0.25) is 0 Å². The van der Waals surface area contributed by atoms with Gasteiger partial charge in [0.2, 0.25) is 0 Å². The molecular formula is C15H18BrNS. The number of rotatable bonds is 4. The molecule has 1 aromatic carbocycles. The molecule has 1 heterocycles. The minimum Gasteiger partial charge on any atom is -0.377 e. The first-order valence-corrected chi connectivity index (χ1v) is 7.83. The van der Waals surface area contributed by atoms with Crippen molar-refractivity contribution < 1.29 is 0 Å². The van der Waals surface area contributed by atoms with E-state index in [9.17, 15) is 0 Å². The molecule has 2 aromatic rings. The van der Waals surface area contributed by atoms with E-state index in [2.05, 4.69) is 72.3 Å². The second-order valence-corrected chi connectivity index (χ2v) is 6.49. The first-order chi connectivity index (χ1) is 8.61. The summed E-state index contributed by atoms with van der Waals surface area (Å²) in [5.41, 5.74) is 2.46. The molecule has 0 spiro atoms. The van der Waals surface area contributed by atoms with Crippen LogP contribution in [0.15, 0.2) is 34.8 Å². The summed E-state index contributed by atoms with van der Waals surface area (Å²) in [7, 11) is 0. The predicted molar refractivity (Wildman–Crippen MR) is 84.6 cm³/mol. The van der Waals surface area contributed by atoms with Crippen molar-refractivity contribution in [1.29, 1.82) is 0 Å². The highest BCUT2D eigenvalue weighted by Crippen LogP contribution is 2.30. The van der Waals surface area contributed by atoms with Gasteiger partial charge >= 0.3 is 0 Å². The van der Waals surface area contributed by atoms with E-state index in [1.807, 2.05) is 11.3 Å². The zero-order valence-corrected chi connectivity index (χ0v) is 13.4. The second kappa shape index (κ2) is 5.89. The van der Waals surface area contributed by atoms with Crippen molar-refractivity contribution in [1.82, 2.24) is 0 Å². The summed E-state index contributed by atoms with van der Waals surface area (Å²) >= 11 is 5.47. The van der Waals surface area contributed by atoms with Crippen LogP contribution in [0.1, 0.15) is 35.2 Å². The number of benzene rings is 1. The lowest BCUT2D eigenvalue weighted by atomic mass is 10.1. The van der Waals surface area contributed by atoms with Crippen LogP contribution in [-0.2, 0) is 6.42 Å². The van der Waals surface area contributed by atoms with Crippen molar-refractivity contribution in [2.45, 2.75) is 33.2 Å². The summed E-state index contributed by atoms with van der Waals surface area (Å²) in [5, 5.41) is 3.59. The van der Waals surface area contributed by atoms with Crippen LogP contribution >= 0.6 is 27.3 Å². The third-order valence-corrected chi connectivity index (χ3v) is 5.37. The Labute approximate surface area is 121 Å². The van der Waals surface area contributed by atoms with E-state index in [1.165, 1.54) is 21.0 Å². The number of hydrogen-bond donors (Lipinski definition) is 1. The number of halogens is 1. The molecule has 0 saturated carbocycles. The van der Waals surface area contributed by atoms with Crippen LogP contribution in [0, 0.1) is 6.92 Å². The third-order valence-electron chi connectivity index (χ3n) is 3.10. The van der Waals surface area contributed by atoms with Crippen LogP contribution in [-0.4, -0.2) is 0 Å². The average molecular weight is 324 g/mol. The lowest BCUT2D eigenvalue weighted by Crippen LogP contribution is -2.06. The first-order valence-electron chi connectivity index (χ1n) is 6.22. The summed E-state index contributed by atoms with van der Waals surface area (Å²) in [6, 6.07) is 11.1. The van der Waals surface area contributed by atoms with Gasteiger partial charge in [0.05, 0.1) is 6.04 Å². The molecule has 0 saturated heterocycles. The average Bonchev–Trinajstić information content (AvgIpc) is 2.83. The molecule has 1 aromatic heterocycles. The van der Waals surface area contributed by atoms with Gasteiger partial charge in [-0.15, -0.1) is 11.3 Å². The van der Waals surface area contributed by atoms with E-state index < -0.39 is 0 Å². The minimum absolute atomic E-state index is 0.350. The van der Waals surface area contributed by atoms with Gasteiger partial charge < -0.3 is 5.32 Å². The zero-order chi connectivity index (χ0) is 13.1. The highest BCUT2D eigenvalue weighted by molar-refractivity contribution is 9.10. The molecule has 0 aliphatic heterocycles. The van der Waals surface area contributed by atoms with Gasteiger partial charge in [0, 0.05) is 19.9 Å². The highest BCUT2D eigenvalue weighted by Gasteiger charge is 2.10. The first kappa shape index (κ1) is 13.6. The summed E-state index contributed by atoms with van der Waals surface area (Å²) in [6.45, 7) is 6.54. The molecule has 1 unspecified atom stereocenters.